The molecule has 0 spiro atoms. The van der Waals surface area contributed by atoms with Crippen LogP contribution in [0.5, 0.6) is 11.5 Å². The maximum Gasteiger partial charge on any atom is 0.310 e. The summed E-state index contributed by atoms with van der Waals surface area (Å²) in [5.74, 6) is 0.912. The first-order chi connectivity index (χ1) is 12.1. The normalized spacial score (nSPS) is 19.4. The molecule has 0 unspecified atom stereocenters. The van der Waals surface area contributed by atoms with Crippen LogP contribution in [0.4, 0.5) is 0 Å². The molecule has 3 rings (SSSR count). The number of carbonyl (C=O) groups is 2. The van der Waals surface area contributed by atoms with Crippen molar-refractivity contribution in [3.8, 4) is 11.5 Å². The van der Waals surface area contributed by atoms with Gasteiger partial charge in [-0.05, 0) is 44.0 Å². The van der Waals surface area contributed by atoms with Crippen molar-refractivity contribution in [2.75, 3.05) is 33.4 Å². The highest BCUT2D eigenvalue weighted by atomic mass is 16.5. The summed E-state index contributed by atoms with van der Waals surface area (Å²) in [7, 11) is 1.60. The summed E-state index contributed by atoms with van der Waals surface area (Å²) in [5.41, 5.74) is 1.41. The van der Waals surface area contributed by atoms with Crippen molar-refractivity contribution < 1.29 is 23.8 Å². The van der Waals surface area contributed by atoms with Crippen LogP contribution < -0.4 is 9.47 Å². The zero-order chi connectivity index (χ0) is 17.8. The minimum atomic E-state index is -0.241. The SMILES string of the molecule is CCOC(=O)[C@@H]1CCCN(C(=O)C2=Cc3cc(OC)ccc3OC2)C1. The molecule has 0 saturated carbocycles. The van der Waals surface area contributed by atoms with E-state index < -0.39 is 0 Å². The van der Waals surface area contributed by atoms with Gasteiger partial charge < -0.3 is 19.1 Å². The molecule has 2 heterocycles. The number of amides is 1. The number of likely N-dealkylation sites (tertiary alicyclic amines) is 1. The van der Waals surface area contributed by atoms with Crippen LogP contribution in [0.1, 0.15) is 25.3 Å². The first kappa shape index (κ1) is 17.3. The van der Waals surface area contributed by atoms with Gasteiger partial charge in [0.2, 0.25) is 0 Å². The monoisotopic (exact) mass is 345 g/mol. The lowest BCUT2D eigenvalue weighted by Gasteiger charge is -2.32. The van der Waals surface area contributed by atoms with Gasteiger partial charge in [-0.15, -0.1) is 0 Å². The summed E-state index contributed by atoms with van der Waals surface area (Å²) < 4.78 is 16.0. The molecular formula is C19H23NO5. The summed E-state index contributed by atoms with van der Waals surface area (Å²) in [4.78, 5) is 26.5. The van der Waals surface area contributed by atoms with E-state index in [1.165, 1.54) is 0 Å². The Morgan fingerprint density at radius 3 is 2.96 bits per heavy atom. The number of hydrogen-bond acceptors (Lipinski definition) is 5. The highest BCUT2D eigenvalue weighted by Crippen LogP contribution is 2.31. The fourth-order valence-corrected chi connectivity index (χ4v) is 3.22. The second kappa shape index (κ2) is 7.59. The predicted octanol–water partition coefficient (Wildman–Crippen LogP) is 2.27. The molecule has 1 aromatic rings. The van der Waals surface area contributed by atoms with Gasteiger partial charge in [0, 0.05) is 18.7 Å². The third-order valence-electron chi connectivity index (χ3n) is 4.53. The van der Waals surface area contributed by atoms with Gasteiger partial charge >= 0.3 is 5.97 Å². The van der Waals surface area contributed by atoms with Gasteiger partial charge in [-0.3, -0.25) is 9.59 Å². The Morgan fingerprint density at radius 1 is 1.36 bits per heavy atom. The molecule has 2 aliphatic heterocycles. The Kier molecular flexibility index (Phi) is 5.26. The number of ether oxygens (including phenoxy) is 3. The Labute approximate surface area is 147 Å². The number of hydrogen-bond donors (Lipinski definition) is 0. The third kappa shape index (κ3) is 3.78. The summed E-state index contributed by atoms with van der Waals surface area (Å²) >= 11 is 0. The minimum absolute atomic E-state index is 0.0810. The third-order valence-corrected chi connectivity index (χ3v) is 4.53. The van der Waals surface area contributed by atoms with E-state index >= 15 is 0 Å². The number of piperidine rings is 1. The van der Waals surface area contributed by atoms with E-state index in [0.29, 0.717) is 31.0 Å². The van der Waals surface area contributed by atoms with Crippen molar-refractivity contribution in [3.05, 3.63) is 29.3 Å². The molecule has 1 atom stereocenters. The number of esters is 1. The highest BCUT2D eigenvalue weighted by molar-refractivity contribution is 5.99. The maximum atomic E-state index is 12.8. The van der Waals surface area contributed by atoms with Gasteiger partial charge in [0.25, 0.3) is 5.91 Å². The van der Waals surface area contributed by atoms with Crippen molar-refractivity contribution >= 4 is 18.0 Å². The van der Waals surface area contributed by atoms with Crippen LogP contribution in [0.3, 0.4) is 0 Å². The van der Waals surface area contributed by atoms with E-state index in [4.69, 9.17) is 14.2 Å². The lowest BCUT2D eigenvalue weighted by atomic mass is 9.97. The predicted molar refractivity (Wildman–Crippen MR) is 92.4 cm³/mol. The van der Waals surface area contributed by atoms with Gasteiger partial charge in [-0.2, -0.15) is 0 Å². The quantitative estimate of drug-likeness (QED) is 0.783. The van der Waals surface area contributed by atoms with Gasteiger partial charge in [-0.1, -0.05) is 0 Å². The Balaban J connectivity index is 1.74. The van der Waals surface area contributed by atoms with Gasteiger partial charge in [0.1, 0.15) is 18.1 Å². The van der Waals surface area contributed by atoms with E-state index in [1.54, 1.807) is 18.9 Å². The average Bonchev–Trinajstić information content (AvgIpc) is 2.66. The van der Waals surface area contributed by atoms with Crippen LogP contribution in [0.2, 0.25) is 0 Å². The fraction of sp³-hybridized carbons (Fsp3) is 0.474. The smallest absolute Gasteiger partial charge is 0.310 e. The summed E-state index contributed by atoms with van der Waals surface area (Å²) in [6.45, 7) is 3.44. The van der Waals surface area contributed by atoms with E-state index in [-0.39, 0.29) is 24.4 Å². The van der Waals surface area contributed by atoms with Crippen LogP contribution in [0, 0.1) is 5.92 Å². The summed E-state index contributed by atoms with van der Waals surface area (Å²) in [6, 6.07) is 5.51. The second-order valence-electron chi connectivity index (χ2n) is 6.20. The molecule has 6 heteroatoms. The van der Waals surface area contributed by atoms with E-state index in [0.717, 1.165) is 24.2 Å². The molecule has 25 heavy (non-hydrogen) atoms. The minimum Gasteiger partial charge on any atom is -0.497 e. The van der Waals surface area contributed by atoms with E-state index in [9.17, 15) is 9.59 Å². The molecule has 1 fully saturated rings. The van der Waals surface area contributed by atoms with Crippen LogP contribution >= 0.6 is 0 Å². The molecule has 0 aromatic heterocycles. The van der Waals surface area contributed by atoms with E-state index in [1.807, 2.05) is 24.3 Å². The molecule has 0 aliphatic carbocycles. The standard InChI is InChI=1S/C19H23NO5/c1-3-24-19(22)13-5-4-8-20(11-13)18(21)15-9-14-10-16(23-2)6-7-17(14)25-12-15/h6-7,9-10,13H,3-5,8,11-12H2,1-2H3/t13-/m1/s1. The average molecular weight is 345 g/mol. The molecule has 0 bridgehead atoms. The van der Waals surface area contributed by atoms with Crippen LogP contribution in [-0.4, -0.2) is 50.2 Å². The summed E-state index contributed by atoms with van der Waals surface area (Å²) in [6.07, 6.45) is 3.41. The van der Waals surface area contributed by atoms with Crippen LogP contribution in [0.25, 0.3) is 6.08 Å². The van der Waals surface area contributed by atoms with Gasteiger partial charge in [0.15, 0.2) is 0 Å². The maximum absolute atomic E-state index is 12.8. The zero-order valence-electron chi connectivity index (χ0n) is 14.6. The first-order valence-corrected chi connectivity index (χ1v) is 8.59. The van der Waals surface area contributed by atoms with Gasteiger partial charge in [-0.25, -0.2) is 0 Å². The van der Waals surface area contributed by atoms with Gasteiger partial charge in [0.05, 0.1) is 25.2 Å². The molecule has 134 valence electrons. The molecule has 2 aliphatic rings. The van der Waals surface area contributed by atoms with Crippen molar-refractivity contribution in [2.45, 2.75) is 19.8 Å². The lowest BCUT2D eigenvalue weighted by Crippen LogP contribution is -2.44. The highest BCUT2D eigenvalue weighted by Gasteiger charge is 2.31. The number of fused-ring (bicyclic) bond motifs is 1. The lowest BCUT2D eigenvalue weighted by molar-refractivity contribution is -0.150. The number of nitrogens with zero attached hydrogens (tertiary/aromatic N) is 1. The molecule has 0 N–H and O–H groups in total. The Bertz CT molecular complexity index is 697. The van der Waals surface area contributed by atoms with Crippen molar-refractivity contribution in [1.29, 1.82) is 0 Å². The molecule has 6 nitrogen and oxygen atoms in total. The van der Waals surface area contributed by atoms with Crippen molar-refractivity contribution in [2.24, 2.45) is 5.92 Å². The molecule has 1 saturated heterocycles. The molecular weight excluding hydrogens is 322 g/mol. The Hall–Kier alpha value is -2.50. The first-order valence-electron chi connectivity index (χ1n) is 8.59. The largest absolute Gasteiger partial charge is 0.497 e. The topological polar surface area (TPSA) is 65.1 Å². The number of carbonyl (C=O) groups excluding carboxylic acids is 2. The van der Waals surface area contributed by atoms with Crippen molar-refractivity contribution in [3.63, 3.8) is 0 Å². The molecule has 0 radical (unpaired) electrons. The van der Waals surface area contributed by atoms with E-state index in [2.05, 4.69) is 0 Å². The summed E-state index contributed by atoms with van der Waals surface area (Å²) in [5, 5.41) is 0. The number of rotatable bonds is 4. The van der Waals surface area contributed by atoms with Crippen molar-refractivity contribution in [1.82, 2.24) is 4.90 Å². The van der Waals surface area contributed by atoms with Crippen LogP contribution in [-0.2, 0) is 14.3 Å². The number of benzene rings is 1. The Morgan fingerprint density at radius 2 is 2.20 bits per heavy atom. The van der Waals surface area contributed by atoms with Crippen LogP contribution in [0.15, 0.2) is 23.8 Å². The fourth-order valence-electron chi connectivity index (χ4n) is 3.22. The number of methoxy groups -OCH3 is 1. The molecule has 1 amide bonds. The second-order valence-corrected chi connectivity index (χ2v) is 6.20. The molecule has 1 aromatic carbocycles. The zero-order valence-corrected chi connectivity index (χ0v) is 14.6.